The molecule has 0 aliphatic carbocycles. The number of rotatable bonds is 1. The number of halogens is 1. The molecule has 10 heavy (non-hydrogen) atoms. The van der Waals surface area contributed by atoms with Gasteiger partial charge in [-0.2, -0.15) is 9.90 Å². The molecule has 0 N–H and O–H groups in total. The minimum atomic E-state index is 0. The van der Waals surface area contributed by atoms with Crippen LogP contribution in [0, 0.1) is 0 Å². The zero-order chi connectivity index (χ0) is 5.82. The fourth-order valence-electron chi connectivity index (χ4n) is 0.589. The van der Waals surface area contributed by atoms with Crippen LogP contribution in [0.15, 0.2) is 36.9 Å². The summed E-state index contributed by atoms with van der Waals surface area (Å²) < 4.78 is 0. The van der Waals surface area contributed by atoms with Crippen molar-refractivity contribution in [2.45, 2.75) is 0 Å². The van der Waals surface area contributed by atoms with Crippen LogP contribution in [0.2, 0.25) is 0 Å². The first-order chi connectivity index (χ1) is 3.93. The van der Waals surface area contributed by atoms with Crippen LogP contribution < -0.4 is 0 Å². The first-order valence-electron chi connectivity index (χ1n) is 2.61. The van der Waals surface area contributed by atoms with Crippen LogP contribution in [0.25, 0.3) is 6.08 Å². The summed E-state index contributed by atoms with van der Waals surface area (Å²) in [6, 6.07) is 10.0. The van der Waals surface area contributed by atoms with Crippen LogP contribution >= 0.6 is 22.3 Å². The van der Waals surface area contributed by atoms with Gasteiger partial charge in [0, 0.05) is 0 Å². The maximum absolute atomic E-state index is 3.63. The van der Waals surface area contributed by atoms with Gasteiger partial charge in [0.2, 0.25) is 0 Å². The molecule has 0 aliphatic heterocycles. The minimum absolute atomic E-state index is 0. The van der Waals surface area contributed by atoms with Crippen molar-refractivity contribution in [2.75, 3.05) is 0 Å². The van der Waals surface area contributed by atoms with Gasteiger partial charge in [-0.1, -0.05) is 43.0 Å². The van der Waals surface area contributed by atoms with Gasteiger partial charge in [0.25, 0.3) is 0 Å². The molecule has 1 unspecified atom stereocenters. The highest BCUT2D eigenvalue weighted by molar-refractivity contribution is 6.92. The van der Waals surface area contributed by atoms with Gasteiger partial charge in [-0.25, -0.2) is 0 Å². The largest absolute Gasteiger partial charge is 0.153 e. The lowest BCUT2D eigenvalue weighted by Crippen LogP contribution is -1.63. The Hall–Kier alpha value is -0.320. The number of benzene rings is 1. The average Bonchev–Trinajstić information content (AvgIpc) is 1.90. The maximum Gasteiger partial charge on any atom is -0.0263 e. The summed E-state index contributed by atoms with van der Waals surface area (Å²) in [7, 11) is 0. The van der Waals surface area contributed by atoms with E-state index < -0.39 is 0 Å². The molecule has 0 heterocycles. The van der Waals surface area contributed by atoms with Gasteiger partial charge in [-0.05, 0) is 5.56 Å². The molecular formula is C8H12ClP. The molecule has 2 heteroatoms. The summed E-state index contributed by atoms with van der Waals surface area (Å²) in [6.45, 7) is 3.63. The Morgan fingerprint density at radius 2 is 1.60 bits per heavy atom. The number of hydrogen-bond acceptors (Lipinski definition) is 0. The van der Waals surface area contributed by atoms with Gasteiger partial charge in [-0.15, -0.1) is 12.4 Å². The molecule has 1 aromatic rings. The standard InChI is InChI=1S/C8H8.ClH.H3P/c1-2-8-6-4-3-5-7-8;;/h2-7H,1H2;1H;1H3. The molecule has 0 amide bonds. The van der Waals surface area contributed by atoms with E-state index in [1.165, 1.54) is 5.56 Å². The molecule has 0 saturated heterocycles. The van der Waals surface area contributed by atoms with Crippen molar-refractivity contribution in [1.29, 1.82) is 0 Å². The third-order valence-electron chi connectivity index (χ3n) is 1.04. The van der Waals surface area contributed by atoms with Crippen molar-refractivity contribution in [3.63, 3.8) is 0 Å². The van der Waals surface area contributed by atoms with Gasteiger partial charge in [0.05, 0.1) is 0 Å². The second kappa shape index (κ2) is 6.80. The van der Waals surface area contributed by atoms with E-state index in [-0.39, 0.29) is 22.3 Å². The maximum atomic E-state index is 3.63. The smallest absolute Gasteiger partial charge is 0.0263 e. The zero-order valence-corrected chi connectivity index (χ0v) is 8.02. The summed E-state index contributed by atoms with van der Waals surface area (Å²) in [5, 5.41) is 0. The Labute approximate surface area is 71.4 Å². The van der Waals surface area contributed by atoms with Gasteiger partial charge in [0.15, 0.2) is 0 Å². The molecule has 0 radical (unpaired) electrons. The highest BCUT2D eigenvalue weighted by Gasteiger charge is 1.75. The summed E-state index contributed by atoms with van der Waals surface area (Å²) in [5.41, 5.74) is 1.17. The number of hydrogen-bond donors (Lipinski definition) is 0. The Morgan fingerprint density at radius 1 is 1.10 bits per heavy atom. The van der Waals surface area contributed by atoms with Crippen molar-refractivity contribution >= 4 is 28.4 Å². The van der Waals surface area contributed by atoms with Crippen molar-refractivity contribution in [3.8, 4) is 0 Å². The van der Waals surface area contributed by atoms with E-state index in [4.69, 9.17) is 0 Å². The van der Waals surface area contributed by atoms with E-state index in [2.05, 4.69) is 6.58 Å². The fraction of sp³-hybridized carbons (Fsp3) is 0. The van der Waals surface area contributed by atoms with E-state index in [1.54, 1.807) is 0 Å². The van der Waals surface area contributed by atoms with Crippen molar-refractivity contribution in [3.05, 3.63) is 42.5 Å². The third kappa shape index (κ3) is 3.66. The fourth-order valence-corrected chi connectivity index (χ4v) is 0.589. The molecule has 0 fully saturated rings. The van der Waals surface area contributed by atoms with E-state index in [0.29, 0.717) is 0 Å². The third-order valence-corrected chi connectivity index (χ3v) is 1.04. The van der Waals surface area contributed by atoms with Crippen LogP contribution in [0.4, 0.5) is 0 Å². The van der Waals surface area contributed by atoms with Gasteiger partial charge < -0.3 is 0 Å². The van der Waals surface area contributed by atoms with E-state index in [9.17, 15) is 0 Å². The van der Waals surface area contributed by atoms with Crippen LogP contribution in [-0.2, 0) is 0 Å². The lowest BCUT2D eigenvalue weighted by Gasteiger charge is -1.85. The first-order valence-corrected chi connectivity index (χ1v) is 2.61. The monoisotopic (exact) mass is 174 g/mol. The molecule has 0 saturated carbocycles. The molecule has 1 aromatic carbocycles. The van der Waals surface area contributed by atoms with Crippen LogP contribution in [0.1, 0.15) is 5.56 Å². The van der Waals surface area contributed by atoms with E-state index >= 15 is 0 Å². The van der Waals surface area contributed by atoms with Crippen molar-refractivity contribution in [2.24, 2.45) is 0 Å². The SMILES string of the molecule is C=Cc1ccccc1.Cl.P. The highest BCUT2D eigenvalue weighted by atomic mass is 35.5. The zero-order valence-electron chi connectivity index (χ0n) is 5.79. The van der Waals surface area contributed by atoms with Gasteiger partial charge >= 0.3 is 0 Å². The second-order valence-corrected chi connectivity index (χ2v) is 1.61. The van der Waals surface area contributed by atoms with Gasteiger partial charge in [-0.3, -0.25) is 0 Å². The predicted octanol–water partition coefficient (Wildman–Crippen LogP) is 2.81. The average molecular weight is 175 g/mol. The van der Waals surface area contributed by atoms with Crippen molar-refractivity contribution < 1.29 is 0 Å². The topological polar surface area (TPSA) is 0 Å². The molecular weight excluding hydrogens is 163 g/mol. The molecule has 1 atom stereocenters. The summed E-state index contributed by atoms with van der Waals surface area (Å²) >= 11 is 0. The van der Waals surface area contributed by atoms with E-state index in [1.807, 2.05) is 36.4 Å². The molecule has 0 spiro atoms. The Balaban J connectivity index is 0. The molecule has 0 aromatic heterocycles. The first kappa shape index (κ1) is 12.4. The molecule has 56 valence electrons. The molecule has 0 bridgehead atoms. The predicted molar refractivity (Wildman–Crippen MR) is 54.9 cm³/mol. The quantitative estimate of drug-likeness (QED) is 0.575. The summed E-state index contributed by atoms with van der Waals surface area (Å²) in [4.78, 5) is 0. The Morgan fingerprint density at radius 3 is 1.90 bits per heavy atom. The van der Waals surface area contributed by atoms with Crippen LogP contribution in [-0.4, -0.2) is 0 Å². The minimum Gasteiger partial charge on any atom is -0.153 e. The van der Waals surface area contributed by atoms with E-state index in [0.717, 1.165) is 0 Å². The van der Waals surface area contributed by atoms with Crippen LogP contribution in [0.3, 0.4) is 0 Å². The summed E-state index contributed by atoms with van der Waals surface area (Å²) in [6.07, 6.45) is 1.83. The van der Waals surface area contributed by atoms with Gasteiger partial charge in [0.1, 0.15) is 0 Å². The Kier molecular flexibility index (Phi) is 8.40. The summed E-state index contributed by atoms with van der Waals surface area (Å²) in [5.74, 6) is 0. The normalized spacial score (nSPS) is 6.80. The molecule has 1 rings (SSSR count). The lowest BCUT2D eigenvalue weighted by atomic mass is 10.2. The molecule has 0 nitrogen and oxygen atoms in total. The second-order valence-electron chi connectivity index (χ2n) is 1.61. The highest BCUT2D eigenvalue weighted by Crippen LogP contribution is 1.97. The lowest BCUT2D eigenvalue weighted by molar-refractivity contribution is 1.67. The van der Waals surface area contributed by atoms with Crippen molar-refractivity contribution in [1.82, 2.24) is 0 Å². The molecule has 0 aliphatic rings. The Bertz CT molecular complexity index is 172. The van der Waals surface area contributed by atoms with Crippen LogP contribution in [0.5, 0.6) is 0 Å².